The second-order valence-electron chi connectivity index (χ2n) is 8.66. The van der Waals surface area contributed by atoms with Crippen LogP contribution in [0.2, 0.25) is 5.02 Å². The molecule has 0 bridgehead atoms. The lowest BCUT2D eigenvalue weighted by atomic mass is 9.91. The number of H-pyrrole nitrogens is 1. The number of halogens is 1. The van der Waals surface area contributed by atoms with E-state index in [0.717, 1.165) is 16.0 Å². The molecule has 2 atom stereocenters. The maximum absolute atomic E-state index is 13.7. The molecule has 3 N–H and O–H groups in total. The number of carbonyl (C=O) groups excluding carboxylic acids is 1. The van der Waals surface area contributed by atoms with Gasteiger partial charge in [0, 0.05) is 28.8 Å². The second kappa shape index (κ2) is 8.11. The average molecular weight is 491 g/mol. The van der Waals surface area contributed by atoms with E-state index >= 15 is 0 Å². The van der Waals surface area contributed by atoms with E-state index in [1.807, 2.05) is 26.0 Å². The fourth-order valence-corrected chi connectivity index (χ4v) is 4.99. The number of anilines is 1. The molecule has 9 heteroatoms. The van der Waals surface area contributed by atoms with Crippen molar-refractivity contribution in [2.24, 2.45) is 0 Å². The molecule has 0 radical (unpaired) electrons. The monoisotopic (exact) mass is 490 g/mol. The van der Waals surface area contributed by atoms with E-state index in [2.05, 4.69) is 9.97 Å². The maximum atomic E-state index is 13.7. The van der Waals surface area contributed by atoms with Crippen LogP contribution in [-0.2, 0) is 5.72 Å². The van der Waals surface area contributed by atoms with Gasteiger partial charge in [-0.05, 0) is 49.2 Å². The molecule has 178 valence electrons. The highest BCUT2D eigenvalue weighted by Crippen LogP contribution is 2.47. The first-order valence-corrected chi connectivity index (χ1v) is 11.4. The quantitative estimate of drug-likeness (QED) is 0.371. The highest BCUT2D eigenvalue weighted by Gasteiger charge is 2.52. The smallest absolute Gasteiger partial charge is 0.413 e. The summed E-state index contributed by atoms with van der Waals surface area (Å²) in [4.78, 5) is 34.8. The number of rotatable bonds is 4. The zero-order chi connectivity index (χ0) is 25.1. The van der Waals surface area contributed by atoms with Gasteiger partial charge in [0.05, 0.1) is 17.1 Å². The van der Waals surface area contributed by atoms with Crippen LogP contribution in [0.4, 0.5) is 10.7 Å². The van der Waals surface area contributed by atoms with Crippen LogP contribution in [0, 0.1) is 6.92 Å². The normalized spacial score (nSPS) is 18.1. The number of imidazole rings is 1. The van der Waals surface area contributed by atoms with Crippen molar-refractivity contribution in [2.45, 2.75) is 25.6 Å². The Kier molecular flexibility index (Phi) is 5.30. The lowest BCUT2D eigenvalue weighted by Gasteiger charge is -2.39. The van der Waals surface area contributed by atoms with Crippen LogP contribution in [0.15, 0.2) is 60.7 Å². The minimum Gasteiger partial charge on any atom is -0.465 e. The number of hydrogen-bond acceptors (Lipinski definition) is 4. The Hall–Kier alpha value is -3.88. The van der Waals surface area contributed by atoms with Crippen molar-refractivity contribution in [2.75, 3.05) is 11.9 Å². The molecule has 2 unspecified atom stereocenters. The van der Waals surface area contributed by atoms with Gasteiger partial charge in [-0.25, -0.2) is 9.78 Å². The van der Waals surface area contributed by atoms with Gasteiger partial charge in [-0.2, -0.15) is 0 Å². The molecule has 0 fully saturated rings. The van der Waals surface area contributed by atoms with Gasteiger partial charge in [0.15, 0.2) is 5.72 Å². The summed E-state index contributed by atoms with van der Waals surface area (Å²) >= 11 is 6.37. The van der Waals surface area contributed by atoms with Crippen molar-refractivity contribution >= 4 is 40.6 Å². The maximum Gasteiger partial charge on any atom is 0.413 e. The number of carbonyl (C=O) groups is 2. The Morgan fingerprint density at radius 2 is 1.91 bits per heavy atom. The number of nitrogens with zero attached hydrogens (tertiary/aromatic N) is 3. The highest BCUT2D eigenvalue weighted by atomic mass is 35.5. The molecule has 0 saturated heterocycles. The Labute approximate surface area is 206 Å². The van der Waals surface area contributed by atoms with Crippen LogP contribution in [0.25, 0.3) is 11.0 Å². The molecular weight excluding hydrogens is 468 g/mol. The van der Waals surface area contributed by atoms with E-state index in [0.29, 0.717) is 32.7 Å². The molecule has 35 heavy (non-hydrogen) atoms. The second-order valence-corrected chi connectivity index (χ2v) is 9.06. The van der Waals surface area contributed by atoms with Gasteiger partial charge in [0.1, 0.15) is 0 Å². The van der Waals surface area contributed by atoms with Crippen LogP contribution >= 0.6 is 11.6 Å². The summed E-state index contributed by atoms with van der Waals surface area (Å²) < 4.78 is 0. The third-order valence-electron chi connectivity index (χ3n) is 6.72. The molecule has 1 aliphatic rings. The first-order chi connectivity index (χ1) is 16.6. The Morgan fingerprint density at radius 1 is 1.17 bits per heavy atom. The highest BCUT2D eigenvalue weighted by molar-refractivity contribution is 6.31. The molecule has 8 nitrogen and oxygen atoms in total. The van der Waals surface area contributed by atoms with Crippen molar-refractivity contribution in [3.63, 3.8) is 0 Å². The first-order valence-electron chi connectivity index (χ1n) is 11.0. The van der Waals surface area contributed by atoms with Gasteiger partial charge in [-0.1, -0.05) is 48.0 Å². The first kappa shape index (κ1) is 22.9. The molecule has 0 aliphatic carbocycles. The van der Waals surface area contributed by atoms with Gasteiger partial charge >= 0.3 is 6.09 Å². The van der Waals surface area contributed by atoms with E-state index in [1.165, 1.54) is 11.9 Å². The number of carboxylic acid groups (broad SMARTS) is 1. The zero-order valence-electron chi connectivity index (χ0n) is 19.3. The van der Waals surface area contributed by atoms with Gasteiger partial charge in [-0.15, -0.1) is 0 Å². The standard InChI is InChI=1S/C26H23ClN4O4/c1-14-17(8-6-10-20(14)27)15(2)31-23(32)18-7-4-5-9-19(18)26(31,35)16-11-12-21-22(13-16)29-24(28-21)30(3)25(33)34/h4-13,15,35H,1-3H3,(H,28,29)(H,33,34). The van der Waals surface area contributed by atoms with Crippen molar-refractivity contribution in [1.29, 1.82) is 0 Å². The summed E-state index contributed by atoms with van der Waals surface area (Å²) in [6, 6.07) is 17.1. The molecule has 4 aromatic rings. The topological polar surface area (TPSA) is 110 Å². The van der Waals surface area contributed by atoms with E-state index in [4.69, 9.17) is 11.6 Å². The summed E-state index contributed by atoms with van der Waals surface area (Å²) in [7, 11) is 1.39. The number of fused-ring (bicyclic) bond motifs is 2. The number of aliphatic hydroxyl groups is 1. The lowest BCUT2D eigenvalue weighted by molar-refractivity contribution is -0.0677. The summed E-state index contributed by atoms with van der Waals surface area (Å²) in [5.74, 6) is -0.148. The van der Waals surface area contributed by atoms with Crippen LogP contribution < -0.4 is 4.90 Å². The van der Waals surface area contributed by atoms with E-state index in [1.54, 1.807) is 48.5 Å². The van der Waals surface area contributed by atoms with Gasteiger partial charge < -0.3 is 15.2 Å². The molecule has 5 rings (SSSR count). The molecule has 1 aromatic heterocycles. The SMILES string of the molecule is Cc1c(Cl)cccc1C(C)N1C(=O)c2ccccc2C1(O)c1ccc2nc(N(C)C(=O)O)[nH]c2c1. The van der Waals surface area contributed by atoms with Gasteiger partial charge in [-0.3, -0.25) is 14.6 Å². The van der Waals surface area contributed by atoms with Crippen molar-refractivity contribution < 1.29 is 19.8 Å². The number of benzene rings is 3. The molecular formula is C26H23ClN4O4. The molecule has 1 aliphatic heterocycles. The van der Waals surface area contributed by atoms with Crippen molar-refractivity contribution in [3.05, 3.63) is 93.5 Å². The third kappa shape index (κ3) is 3.37. The summed E-state index contributed by atoms with van der Waals surface area (Å²) in [5, 5.41) is 22.2. The van der Waals surface area contributed by atoms with Crippen LogP contribution in [0.3, 0.4) is 0 Å². The minimum absolute atomic E-state index is 0.152. The van der Waals surface area contributed by atoms with Gasteiger partial charge in [0.2, 0.25) is 5.95 Å². The molecule has 0 saturated carbocycles. The number of aromatic amines is 1. The molecule has 2 heterocycles. The van der Waals surface area contributed by atoms with Crippen LogP contribution in [-0.4, -0.2) is 44.1 Å². The Bertz CT molecular complexity index is 1500. The average Bonchev–Trinajstić information content (AvgIpc) is 3.37. The zero-order valence-corrected chi connectivity index (χ0v) is 20.0. The van der Waals surface area contributed by atoms with Crippen molar-refractivity contribution in [1.82, 2.24) is 14.9 Å². The number of aromatic nitrogens is 2. The number of hydrogen-bond donors (Lipinski definition) is 3. The lowest BCUT2D eigenvalue weighted by Crippen LogP contribution is -2.46. The molecule has 2 amide bonds. The predicted octanol–water partition coefficient (Wildman–Crippen LogP) is 5.05. The van der Waals surface area contributed by atoms with Crippen LogP contribution in [0.1, 0.15) is 45.6 Å². The van der Waals surface area contributed by atoms with E-state index in [9.17, 15) is 19.8 Å². The Morgan fingerprint density at radius 3 is 2.66 bits per heavy atom. The number of nitrogens with one attached hydrogen (secondary N) is 1. The largest absolute Gasteiger partial charge is 0.465 e. The summed E-state index contributed by atoms with van der Waals surface area (Å²) in [6.45, 7) is 3.75. The number of amides is 2. The minimum atomic E-state index is -1.78. The molecule has 0 spiro atoms. The molecule has 3 aromatic carbocycles. The third-order valence-corrected chi connectivity index (χ3v) is 7.13. The summed E-state index contributed by atoms with van der Waals surface area (Å²) in [6.07, 6.45) is -1.16. The fraction of sp³-hybridized carbons (Fsp3) is 0.192. The van der Waals surface area contributed by atoms with Crippen molar-refractivity contribution in [3.8, 4) is 0 Å². The summed E-state index contributed by atoms with van der Waals surface area (Å²) in [5.41, 5.74) is 2.27. The van der Waals surface area contributed by atoms with Crippen LogP contribution in [0.5, 0.6) is 0 Å². The van der Waals surface area contributed by atoms with Gasteiger partial charge in [0.25, 0.3) is 5.91 Å². The fourth-order valence-electron chi connectivity index (χ4n) is 4.81. The van der Waals surface area contributed by atoms with E-state index < -0.39 is 17.9 Å². The van der Waals surface area contributed by atoms with E-state index in [-0.39, 0.29) is 11.9 Å². The predicted molar refractivity (Wildman–Crippen MR) is 133 cm³/mol. The Balaban J connectivity index is 1.69.